The minimum absolute atomic E-state index is 0.0402. The van der Waals surface area contributed by atoms with Crippen LogP contribution in [0, 0.1) is 0 Å². The van der Waals surface area contributed by atoms with E-state index in [0.717, 1.165) is 24.5 Å². The maximum absolute atomic E-state index is 13.5. The molecule has 1 aliphatic rings. The molecule has 1 heterocycles. The van der Waals surface area contributed by atoms with Gasteiger partial charge in [0.05, 0.1) is 12.2 Å². The van der Waals surface area contributed by atoms with Gasteiger partial charge in [-0.15, -0.1) is 0 Å². The number of nitrogens with zero attached hydrogens (tertiary/aromatic N) is 1. The molecule has 4 N–H and O–H groups in total. The second-order valence-electron chi connectivity index (χ2n) is 7.18. The molecule has 0 bridgehead atoms. The predicted octanol–water partition coefficient (Wildman–Crippen LogP) is 5.23. The summed E-state index contributed by atoms with van der Waals surface area (Å²) in [6.45, 7) is 8.92. The van der Waals surface area contributed by atoms with Crippen LogP contribution in [0.2, 0.25) is 0 Å². The highest BCUT2D eigenvalue weighted by molar-refractivity contribution is 7.80. The predicted molar refractivity (Wildman–Crippen MR) is 137 cm³/mol. The Morgan fingerprint density at radius 2 is 1.94 bits per heavy atom. The van der Waals surface area contributed by atoms with Crippen molar-refractivity contribution < 1.29 is 27.8 Å². The first-order valence-electron chi connectivity index (χ1n) is 11.1. The van der Waals surface area contributed by atoms with Gasteiger partial charge in [0, 0.05) is 18.3 Å². The number of fused-ring (bicyclic) bond motifs is 1. The molecule has 1 atom stereocenters. The number of hydrogen-bond acceptors (Lipinski definition) is 6. The Kier molecular flexibility index (Phi) is 13.0. The molecule has 35 heavy (non-hydrogen) atoms. The van der Waals surface area contributed by atoms with Crippen LogP contribution < -0.4 is 20.6 Å². The Bertz CT molecular complexity index is 995. The van der Waals surface area contributed by atoms with Crippen molar-refractivity contribution in [1.82, 2.24) is 5.43 Å². The molecule has 0 amide bonds. The summed E-state index contributed by atoms with van der Waals surface area (Å²) >= 11 is 4.98. The third-order valence-electron chi connectivity index (χ3n) is 4.39. The number of hydrogen-bond donors (Lipinski definition) is 3. The average Bonchev–Trinajstić information content (AvgIpc) is 3.06. The van der Waals surface area contributed by atoms with Crippen LogP contribution >= 0.6 is 12.2 Å². The van der Waals surface area contributed by atoms with E-state index in [0.29, 0.717) is 11.5 Å². The van der Waals surface area contributed by atoms with Gasteiger partial charge < -0.3 is 20.3 Å². The number of hydrazone groups is 1. The molecule has 0 saturated heterocycles. The molecule has 0 radical (unpaired) electrons. The molecule has 0 spiro atoms. The highest BCUT2D eigenvalue weighted by Crippen LogP contribution is 2.37. The fraction of sp³-hybridized carbons (Fsp3) is 0.360. The van der Waals surface area contributed by atoms with E-state index in [1.54, 1.807) is 6.92 Å². The zero-order valence-corrected chi connectivity index (χ0v) is 20.9. The maximum Gasteiger partial charge on any atom is 0.419 e. The number of para-hydroxylation sites is 1. The first-order valence-corrected chi connectivity index (χ1v) is 11.5. The third-order valence-corrected chi connectivity index (χ3v) is 4.71. The van der Waals surface area contributed by atoms with Gasteiger partial charge in [-0.05, 0) is 55.7 Å². The number of benzene rings is 2. The van der Waals surface area contributed by atoms with Gasteiger partial charge in [-0.3, -0.25) is 5.43 Å². The maximum atomic E-state index is 13.5. The number of nitrogens with one attached hydrogen (secondary N) is 1. The van der Waals surface area contributed by atoms with Gasteiger partial charge in [0.25, 0.3) is 0 Å². The molecular formula is C25H32F3N3O3S. The number of halogens is 3. The molecular weight excluding hydrogens is 479 g/mol. The van der Waals surface area contributed by atoms with Crippen molar-refractivity contribution in [2.75, 3.05) is 13.2 Å². The summed E-state index contributed by atoms with van der Waals surface area (Å²) in [7, 11) is 0. The van der Waals surface area contributed by atoms with E-state index in [1.807, 2.05) is 44.2 Å². The second-order valence-corrected chi connectivity index (χ2v) is 7.58. The van der Waals surface area contributed by atoms with Gasteiger partial charge in [-0.2, -0.15) is 18.3 Å². The van der Waals surface area contributed by atoms with E-state index in [4.69, 9.17) is 32.5 Å². The molecule has 2 aromatic carbocycles. The van der Waals surface area contributed by atoms with Crippen LogP contribution in [0.5, 0.6) is 11.5 Å². The Labute approximate surface area is 209 Å². The minimum atomic E-state index is -4.60. The van der Waals surface area contributed by atoms with E-state index < -0.39 is 11.7 Å². The van der Waals surface area contributed by atoms with E-state index in [2.05, 4.69) is 17.2 Å². The van der Waals surface area contributed by atoms with Gasteiger partial charge in [0.15, 0.2) is 0 Å². The smallest absolute Gasteiger partial charge is 0.419 e. The van der Waals surface area contributed by atoms with Crippen LogP contribution in [0.1, 0.15) is 43.9 Å². The van der Waals surface area contributed by atoms with Crippen LogP contribution in [0.3, 0.4) is 0 Å². The normalized spacial score (nSPS) is 13.1. The number of alkyl halides is 3. The van der Waals surface area contributed by atoms with Crippen LogP contribution in [0.4, 0.5) is 13.2 Å². The summed E-state index contributed by atoms with van der Waals surface area (Å²) in [5.74, 6) is 0.859. The number of ether oxygens (including phenoxy) is 2. The van der Waals surface area contributed by atoms with Crippen molar-refractivity contribution in [2.24, 2.45) is 10.8 Å². The molecule has 3 rings (SSSR count). The van der Waals surface area contributed by atoms with Crippen LogP contribution in [-0.2, 0) is 12.6 Å². The molecule has 192 valence electrons. The first kappa shape index (κ1) is 30.1. The second kappa shape index (κ2) is 15.1. The summed E-state index contributed by atoms with van der Waals surface area (Å²) in [5, 5.41) is 11.4. The molecule has 0 aromatic heterocycles. The molecule has 6 nitrogen and oxygen atoms in total. The Balaban J connectivity index is 0.000000779. The van der Waals surface area contributed by atoms with Crippen molar-refractivity contribution in [2.45, 2.75) is 45.8 Å². The molecule has 1 aliphatic heterocycles. The lowest BCUT2D eigenvalue weighted by Gasteiger charge is -2.17. The molecule has 1 unspecified atom stereocenters. The SMILES string of the molecule is C=NNC(=S)c1ccc(OCC2=CCCc3ccccc3O2)c(C(F)(F)F)c1.CC.CC(N)CO. The highest BCUT2D eigenvalue weighted by atomic mass is 32.1. The lowest BCUT2D eigenvalue weighted by atomic mass is 10.1. The standard InChI is InChI=1S/C20H17F3N2O2S.C3H9NO.C2H6/c1-24-25-19(28)14-9-10-18(16(11-14)20(21,22)23)26-12-15-7-4-6-13-5-2-3-8-17(13)27-15;1-3(4)2-5;1-2/h2-3,5,7-11H,1,4,6,12H2,(H,25,28);3,5H,2,4H2,1H3;1-2H3. The first-order chi connectivity index (χ1) is 16.7. The van der Waals surface area contributed by atoms with Crippen molar-refractivity contribution >= 4 is 23.9 Å². The molecule has 0 aliphatic carbocycles. The van der Waals surface area contributed by atoms with E-state index in [1.165, 1.54) is 12.1 Å². The monoisotopic (exact) mass is 511 g/mol. The summed E-state index contributed by atoms with van der Waals surface area (Å²) in [6.07, 6.45) is -1.26. The van der Waals surface area contributed by atoms with Crippen molar-refractivity contribution in [3.63, 3.8) is 0 Å². The molecule has 10 heteroatoms. The van der Waals surface area contributed by atoms with E-state index in [-0.39, 0.29) is 35.6 Å². The zero-order chi connectivity index (χ0) is 26.4. The Morgan fingerprint density at radius 1 is 1.29 bits per heavy atom. The number of aliphatic hydroxyl groups excluding tert-OH is 1. The Hall–Kier alpha value is -2.95. The third kappa shape index (κ3) is 10.1. The quantitative estimate of drug-likeness (QED) is 0.280. The fourth-order valence-corrected chi connectivity index (χ4v) is 2.97. The average molecular weight is 512 g/mol. The van der Waals surface area contributed by atoms with Gasteiger partial charge in [-0.25, -0.2) is 0 Å². The van der Waals surface area contributed by atoms with E-state index >= 15 is 0 Å². The summed E-state index contributed by atoms with van der Waals surface area (Å²) in [4.78, 5) is 0.0402. The number of rotatable bonds is 6. The molecule has 2 aromatic rings. The van der Waals surface area contributed by atoms with Crippen molar-refractivity contribution in [1.29, 1.82) is 0 Å². The van der Waals surface area contributed by atoms with Gasteiger partial charge in [0.2, 0.25) is 0 Å². The van der Waals surface area contributed by atoms with Crippen molar-refractivity contribution in [3.8, 4) is 11.5 Å². The number of nitrogens with two attached hydrogens (primary N) is 1. The minimum Gasteiger partial charge on any atom is -0.485 e. The topological polar surface area (TPSA) is 89.1 Å². The number of aryl methyl sites for hydroxylation is 1. The number of aliphatic hydroxyl groups is 1. The van der Waals surface area contributed by atoms with E-state index in [9.17, 15) is 13.2 Å². The lowest BCUT2D eigenvalue weighted by molar-refractivity contribution is -0.138. The number of thiocarbonyl (C=S) groups is 1. The zero-order valence-electron chi connectivity index (χ0n) is 20.1. The number of allylic oxidation sites excluding steroid dienone is 1. The van der Waals surface area contributed by atoms with Crippen molar-refractivity contribution in [3.05, 3.63) is 71.0 Å². The van der Waals surface area contributed by atoms with Crippen LogP contribution in [-0.4, -0.2) is 36.1 Å². The van der Waals surface area contributed by atoms with Gasteiger partial charge in [-0.1, -0.05) is 44.3 Å². The molecule has 0 fully saturated rings. The molecule has 0 saturated carbocycles. The summed E-state index contributed by atoms with van der Waals surface area (Å²) in [6, 6.07) is 11.1. The van der Waals surface area contributed by atoms with Crippen LogP contribution in [0.25, 0.3) is 0 Å². The highest BCUT2D eigenvalue weighted by Gasteiger charge is 2.35. The van der Waals surface area contributed by atoms with Gasteiger partial charge in [0.1, 0.15) is 28.9 Å². The Morgan fingerprint density at radius 3 is 2.54 bits per heavy atom. The summed E-state index contributed by atoms with van der Waals surface area (Å²) < 4.78 is 51.7. The summed E-state index contributed by atoms with van der Waals surface area (Å²) in [5.41, 5.74) is 7.70. The fourth-order valence-electron chi connectivity index (χ4n) is 2.77. The van der Waals surface area contributed by atoms with Crippen LogP contribution in [0.15, 0.2) is 59.4 Å². The lowest BCUT2D eigenvalue weighted by Crippen LogP contribution is -2.18. The van der Waals surface area contributed by atoms with Gasteiger partial charge >= 0.3 is 6.18 Å². The largest absolute Gasteiger partial charge is 0.485 e.